The first kappa shape index (κ1) is 11.9. The summed E-state index contributed by atoms with van der Waals surface area (Å²) in [4.78, 5) is 11.5. The second-order valence-corrected chi connectivity index (χ2v) is 3.47. The van der Waals surface area contributed by atoms with Crippen LogP contribution in [0.3, 0.4) is 0 Å². The quantitative estimate of drug-likeness (QED) is 0.721. The molecule has 0 amide bonds. The molecule has 0 aromatic heterocycles. The molecule has 0 saturated heterocycles. The van der Waals surface area contributed by atoms with E-state index in [4.69, 9.17) is 10.5 Å². The molecular weight excluding hydrogens is 190 g/mol. The molecule has 1 aromatic carbocycles. The van der Waals surface area contributed by atoms with Crippen molar-refractivity contribution in [3.05, 3.63) is 35.9 Å². The van der Waals surface area contributed by atoms with Gasteiger partial charge in [-0.3, -0.25) is 4.79 Å². The summed E-state index contributed by atoms with van der Waals surface area (Å²) in [6, 6.07) is 9.14. The minimum absolute atomic E-state index is 0.00102. The SMILES string of the molecule is CCC(N)COCC(=O)c1ccccc1. The Balaban J connectivity index is 2.31. The summed E-state index contributed by atoms with van der Waals surface area (Å²) in [5.74, 6) is -0.00102. The Kier molecular flexibility index (Phi) is 5.01. The average Bonchev–Trinajstić information content (AvgIpc) is 2.29. The van der Waals surface area contributed by atoms with Gasteiger partial charge in [0.05, 0.1) is 6.61 Å². The van der Waals surface area contributed by atoms with E-state index in [1.165, 1.54) is 0 Å². The van der Waals surface area contributed by atoms with Crippen molar-refractivity contribution in [2.24, 2.45) is 5.73 Å². The van der Waals surface area contributed by atoms with Gasteiger partial charge in [0.15, 0.2) is 5.78 Å². The molecule has 3 nitrogen and oxygen atoms in total. The monoisotopic (exact) mass is 207 g/mol. The van der Waals surface area contributed by atoms with Gasteiger partial charge in [-0.25, -0.2) is 0 Å². The zero-order chi connectivity index (χ0) is 11.1. The second kappa shape index (κ2) is 6.32. The van der Waals surface area contributed by atoms with Gasteiger partial charge >= 0.3 is 0 Å². The van der Waals surface area contributed by atoms with Crippen LogP contribution < -0.4 is 5.73 Å². The van der Waals surface area contributed by atoms with Crippen LogP contribution in [0.5, 0.6) is 0 Å². The second-order valence-electron chi connectivity index (χ2n) is 3.47. The molecule has 1 rings (SSSR count). The van der Waals surface area contributed by atoms with E-state index in [-0.39, 0.29) is 18.4 Å². The Labute approximate surface area is 90.2 Å². The third kappa shape index (κ3) is 4.23. The molecule has 1 unspecified atom stereocenters. The van der Waals surface area contributed by atoms with E-state index in [2.05, 4.69) is 0 Å². The number of hydrogen-bond acceptors (Lipinski definition) is 3. The number of Topliss-reactive ketones (excluding diaryl/α,β-unsaturated/α-hetero) is 1. The van der Waals surface area contributed by atoms with Gasteiger partial charge in [-0.05, 0) is 6.42 Å². The smallest absolute Gasteiger partial charge is 0.188 e. The molecule has 1 atom stereocenters. The topological polar surface area (TPSA) is 52.3 Å². The number of carbonyl (C=O) groups excluding carboxylic acids is 1. The van der Waals surface area contributed by atoms with Crippen molar-refractivity contribution < 1.29 is 9.53 Å². The summed E-state index contributed by atoms with van der Waals surface area (Å²) in [6.45, 7) is 2.54. The van der Waals surface area contributed by atoms with Crippen LogP contribution in [0.2, 0.25) is 0 Å². The van der Waals surface area contributed by atoms with Gasteiger partial charge < -0.3 is 10.5 Å². The Hall–Kier alpha value is -1.19. The minimum Gasteiger partial charge on any atom is -0.372 e. The van der Waals surface area contributed by atoms with Crippen molar-refractivity contribution in [3.8, 4) is 0 Å². The molecule has 1 aromatic rings. The molecule has 2 N–H and O–H groups in total. The fourth-order valence-electron chi connectivity index (χ4n) is 1.13. The van der Waals surface area contributed by atoms with Crippen LogP contribution in [-0.2, 0) is 4.74 Å². The van der Waals surface area contributed by atoms with Crippen molar-refractivity contribution in [2.45, 2.75) is 19.4 Å². The van der Waals surface area contributed by atoms with Crippen molar-refractivity contribution >= 4 is 5.78 Å². The predicted octanol–water partition coefficient (Wildman–Crippen LogP) is 1.62. The third-order valence-electron chi connectivity index (χ3n) is 2.19. The first-order chi connectivity index (χ1) is 7.24. The first-order valence-corrected chi connectivity index (χ1v) is 5.15. The van der Waals surface area contributed by atoms with Gasteiger partial charge in [-0.15, -0.1) is 0 Å². The molecule has 0 bridgehead atoms. The lowest BCUT2D eigenvalue weighted by atomic mass is 10.1. The summed E-state index contributed by atoms with van der Waals surface area (Å²) < 4.78 is 5.23. The van der Waals surface area contributed by atoms with Crippen LogP contribution in [0.1, 0.15) is 23.7 Å². The highest BCUT2D eigenvalue weighted by atomic mass is 16.5. The maximum Gasteiger partial charge on any atom is 0.188 e. The van der Waals surface area contributed by atoms with Gasteiger partial charge in [0.1, 0.15) is 6.61 Å². The lowest BCUT2D eigenvalue weighted by Crippen LogP contribution is -2.26. The number of nitrogens with two attached hydrogens (primary N) is 1. The van der Waals surface area contributed by atoms with E-state index in [1.54, 1.807) is 12.1 Å². The number of carbonyl (C=O) groups is 1. The molecule has 0 saturated carbocycles. The molecule has 0 aliphatic rings. The highest BCUT2D eigenvalue weighted by Gasteiger charge is 2.06. The highest BCUT2D eigenvalue weighted by Crippen LogP contribution is 2.00. The number of ether oxygens (including phenoxy) is 1. The Morgan fingerprint density at radius 3 is 2.67 bits per heavy atom. The van der Waals surface area contributed by atoms with E-state index in [1.807, 2.05) is 25.1 Å². The molecular formula is C12H17NO2. The van der Waals surface area contributed by atoms with Crippen molar-refractivity contribution in [1.82, 2.24) is 0 Å². The minimum atomic E-state index is -0.00102. The summed E-state index contributed by atoms with van der Waals surface area (Å²) in [7, 11) is 0. The average molecular weight is 207 g/mol. The van der Waals surface area contributed by atoms with Gasteiger partial charge in [-0.2, -0.15) is 0 Å². The molecule has 0 heterocycles. The summed E-state index contributed by atoms with van der Waals surface area (Å²) in [5.41, 5.74) is 6.34. The van der Waals surface area contributed by atoms with Crippen LogP contribution in [0.15, 0.2) is 30.3 Å². The zero-order valence-electron chi connectivity index (χ0n) is 8.98. The van der Waals surface area contributed by atoms with E-state index in [0.717, 1.165) is 6.42 Å². The molecule has 15 heavy (non-hydrogen) atoms. The van der Waals surface area contributed by atoms with Crippen molar-refractivity contribution in [3.63, 3.8) is 0 Å². The van der Waals surface area contributed by atoms with E-state index in [9.17, 15) is 4.79 Å². The van der Waals surface area contributed by atoms with Crippen LogP contribution in [0, 0.1) is 0 Å². The summed E-state index contributed by atoms with van der Waals surface area (Å²) in [5, 5.41) is 0. The maximum atomic E-state index is 11.5. The molecule has 0 radical (unpaired) electrons. The number of ketones is 1. The fourth-order valence-corrected chi connectivity index (χ4v) is 1.13. The van der Waals surface area contributed by atoms with Crippen LogP contribution in [0.4, 0.5) is 0 Å². The maximum absolute atomic E-state index is 11.5. The number of hydrogen-bond donors (Lipinski definition) is 1. The van der Waals surface area contributed by atoms with Crippen LogP contribution in [-0.4, -0.2) is 25.0 Å². The van der Waals surface area contributed by atoms with Crippen LogP contribution in [0.25, 0.3) is 0 Å². The Bertz CT molecular complexity index is 298. The van der Waals surface area contributed by atoms with E-state index < -0.39 is 0 Å². The third-order valence-corrected chi connectivity index (χ3v) is 2.19. The zero-order valence-corrected chi connectivity index (χ0v) is 8.98. The van der Waals surface area contributed by atoms with Gasteiger partial charge in [0, 0.05) is 11.6 Å². The standard InChI is InChI=1S/C12H17NO2/c1-2-11(13)8-15-9-12(14)10-6-4-3-5-7-10/h3-7,11H,2,8-9,13H2,1H3. The number of benzene rings is 1. The van der Waals surface area contributed by atoms with E-state index in [0.29, 0.717) is 12.2 Å². The normalized spacial score (nSPS) is 12.4. The fraction of sp³-hybridized carbons (Fsp3) is 0.417. The van der Waals surface area contributed by atoms with Crippen molar-refractivity contribution in [1.29, 1.82) is 0 Å². The predicted molar refractivity (Wildman–Crippen MR) is 59.9 cm³/mol. The van der Waals surface area contributed by atoms with Gasteiger partial charge in [0.25, 0.3) is 0 Å². The van der Waals surface area contributed by atoms with Gasteiger partial charge in [-0.1, -0.05) is 37.3 Å². The first-order valence-electron chi connectivity index (χ1n) is 5.15. The summed E-state index contributed by atoms with van der Waals surface area (Å²) >= 11 is 0. The van der Waals surface area contributed by atoms with Crippen LogP contribution >= 0.6 is 0 Å². The molecule has 3 heteroatoms. The largest absolute Gasteiger partial charge is 0.372 e. The lowest BCUT2D eigenvalue weighted by molar-refractivity contribution is 0.0731. The lowest BCUT2D eigenvalue weighted by Gasteiger charge is -2.08. The molecule has 0 aliphatic carbocycles. The molecule has 0 spiro atoms. The molecule has 0 fully saturated rings. The molecule has 0 aliphatic heterocycles. The van der Waals surface area contributed by atoms with Crippen molar-refractivity contribution in [2.75, 3.05) is 13.2 Å². The Morgan fingerprint density at radius 2 is 2.07 bits per heavy atom. The highest BCUT2D eigenvalue weighted by molar-refractivity contribution is 5.96. The molecule has 82 valence electrons. The van der Waals surface area contributed by atoms with E-state index >= 15 is 0 Å². The number of rotatable bonds is 6. The summed E-state index contributed by atoms with van der Waals surface area (Å²) in [6.07, 6.45) is 0.861. The van der Waals surface area contributed by atoms with Gasteiger partial charge in [0.2, 0.25) is 0 Å². The Morgan fingerprint density at radius 1 is 1.40 bits per heavy atom.